The largest absolute Gasteiger partial charge is 0.470 e. The normalized spacial score (nSPS) is 13.7. The van der Waals surface area contributed by atoms with E-state index in [0.29, 0.717) is 36.0 Å². The van der Waals surface area contributed by atoms with Crippen LogP contribution in [0.25, 0.3) is 0 Å². The molecule has 1 aliphatic heterocycles. The maximum Gasteiger partial charge on any atom is 0.257 e. The van der Waals surface area contributed by atoms with Gasteiger partial charge in [0, 0.05) is 6.20 Å². The molecule has 0 spiro atoms. The van der Waals surface area contributed by atoms with Gasteiger partial charge in [-0.05, 0) is 52.3 Å². The van der Waals surface area contributed by atoms with Crippen LogP contribution in [0.3, 0.4) is 0 Å². The molecule has 0 atom stereocenters. The number of aromatic nitrogens is 1. The number of halogens is 1. The van der Waals surface area contributed by atoms with Crippen molar-refractivity contribution in [2.45, 2.75) is 6.10 Å². The van der Waals surface area contributed by atoms with E-state index in [2.05, 4.69) is 20.9 Å². The van der Waals surface area contributed by atoms with Crippen LogP contribution in [0.5, 0.6) is 17.4 Å². The predicted molar refractivity (Wildman–Crippen MR) is 105 cm³/mol. The average molecular weight is 425 g/mol. The highest BCUT2D eigenvalue weighted by molar-refractivity contribution is 9.10. The minimum atomic E-state index is -0.0681. The highest BCUT2D eigenvalue weighted by Gasteiger charge is 2.34. The second-order valence-corrected chi connectivity index (χ2v) is 7.01. The lowest BCUT2D eigenvalue weighted by Crippen LogP contribution is -2.56. The first-order valence-electron chi connectivity index (χ1n) is 8.59. The van der Waals surface area contributed by atoms with Gasteiger partial charge in [-0.3, -0.25) is 4.79 Å². The standard InChI is InChI=1S/C21H17BrN2O3/c22-18-10-6-12-23-20(18)27-16-13-24(14-16)21(25)17-9-4-5-11-19(17)26-15-7-2-1-3-8-15/h1-12,16H,13-14H2. The number of nitrogens with zero attached hydrogens (tertiary/aromatic N) is 2. The van der Waals surface area contributed by atoms with Crippen LogP contribution < -0.4 is 9.47 Å². The van der Waals surface area contributed by atoms with Gasteiger partial charge in [0.25, 0.3) is 5.91 Å². The van der Waals surface area contributed by atoms with Gasteiger partial charge in [0.05, 0.1) is 23.1 Å². The summed E-state index contributed by atoms with van der Waals surface area (Å²) in [6.45, 7) is 1.03. The zero-order chi connectivity index (χ0) is 18.6. The summed E-state index contributed by atoms with van der Waals surface area (Å²) in [4.78, 5) is 18.8. The monoisotopic (exact) mass is 424 g/mol. The minimum Gasteiger partial charge on any atom is -0.470 e. The van der Waals surface area contributed by atoms with E-state index in [0.717, 1.165) is 4.47 Å². The summed E-state index contributed by atoms with van der Waals surface area (Å²) in [5.41, 5.74) is 0.541. The molecule has 3 aromatic rings. The fourth-order valence-corrected chi connectivity index (χ4v) is 3.16. The molecule has 1 aromatic heterocycles. The van der Waals surface area contributed by atoms with E-state index in [9.17, 15) is 4.79 Å². The van der Waals surface area contributed by atoms with Crippen LogP contribution in [0, 0.1) is 0 Å². The van der Waals surface area contributed by atoms with E-state index >= 15 is 0 Å². The number of rotatable bonds is 5. The number of hydrogen-bond acceptors (Lipinski definition) is 4. The molecular formula is C21H17BrN2O3. The zero-order valence-corrected chi connectivity index (χ0v) is 16.0. The van der Waals surface area contributed by atoms with E-state index in [1.54, 1.807) is 23.2 Å². The number of amides is 1. The van der Waals surface area contributed by atoms with Crippen LogP contribution in [-0.2, 0) is 0 Å². The molecule has 0 bridgehead atoms. The Labute approximate surface area is 165 Å². The minimum absolute atomic E-state index is 0.0673. The Kier molecular flexibility index (Phi) is 5.07. The van der Waals surface area contributed by atoms with E-state index < -0.39 is 0 Å². The number of likely N-dealkylation sites (tertiary alicyclic amines) is 1. The fourth-order valence-electron chi connectivity index (χ4n) is 2.81. The van der Waals surface area contributed by atoms with Crippen molar-refractivity contribution in [2.75, 3.05) is 13.1 Å². The molecule has 6 heteroatoms. The van der Waals surface area contributed by atoms with Crippen molar-refractivity contribution in [3.63, 3.8) is 0 Å². The highest BCUT2D eigenvalue weighted by atomic mass is 79.9. The number of hydrogen-bond donors (Lipinski definition) is 0. The van der Waals surface area contributed by atoms with Crippen LogP contribution in [0.15, 0.2) is 77.4 Å². The molecule has 136 valence electrons. The summed E-state index contributed by atoms with van der Waals surface area (Å²) < 4.78 is 12.5. The van der Waals surface area contributed by atoms with Crippen molar-refractivity contribution in [1.29, 1.82) is 0 Å². The van der Waals surface area contributed by atoms with Crippen molar-refractivity contribution in [3.8, 4) is 17.4 Å². The van der Waals surface area contributed by atoms with E-state index in [1.165, 1.54) is 0 Å². The van der Waals surface area contributed by atoms with Crippen LogP contribution >= 0.6 is 15.9 Å². The zero-order valence-electron chi connectivity index (χ0n) is 14.4. The molecule has 27 heavy (non-hydrogen) atoms. The number of pyridine rings is 1. The van der Waals surface area contributed by atoms with Gasteiger partial charge in [0.15, 0.2) is 0 Å². The SMILES string of the molecule is O=C(c1ccccc1Oc1ccccc1)N1CC(Oc2ncccc2Br)C1. The number of para-hydroxylation sites is 2. The highest BCUT2D eigenvalue weighted by Crippen LogP contribution is 2.29. The van der Waals surface area contributed by atoms with Gasteiger partial charge in [-0.1, -0.05) is 30.3 Å². The lowest BCUT2D eigenvalue weighted by Gasteiger charge is -2.38. The van der Waals surface area contributed by atoms with Gasteiger partial charge in [-0.25, -0.2) is 4.98 Å². The smallest absolute Gasteiger partial charge is 0.257 e. The second kappa shape index (κ2) is 7.80. The van der Waals surface area contributed by atoms with Crippen LogP contribution in [0.4, 0.5) is 0 Å². The van der Waals surface area contributed by atoms with E-state index in [4.69, 9.17) is 9.47 Å². The van der Waals surface area contributed by atoms with E-state index in [1.807, 2.05) is 54.6 Å². The molecule has 0 unspecified atom stereocenters. The molecule has 1 aliphatic rings. The summed E-state index contributed by atoms with van der Waals surface area (Å²) in [6.07, 6.45) is 1.61. The number of carbonyl (C=O) groups excluding carboxylic acids is 1. The molecule has 1 fully saturated rings. The summed E-state index contributed by atoms with van der Waals surface area (Å²) in [5.74, 6) is 1.72. The Bertz CT molecular complexity index is 943. The molecule has 2 aromatic carbocycles. The van der Waals surface area contributed by atoms with Gasteiger partial charge in [-0.15, -0.1) is 0 Å². The summed E-state index contributed by atoms with van der Waals surface area (Å²) in [6, 6.07) is 20.4. The van der Waals surface area contributed by atoms with E-state index in [-0.39, 0.29) is 12.0 Å². The molecule has 0 N–H and O–H groups in total. The lowest BCUT2D eigenvalue weighted by molar-refractivity contribution is 0.0155. The Morgan fingerprint density at radius 3 is 2.52 bits per heavy atom. The topological polar surface area (TPSA) is 51.7 Å². The molecule has 1 saturated heterocycles. The quantitative estimate of drug-likeness (QED) is 0.603. The Morgan fingerprint density at radius 1 is 1.00 bits per heavy atom. The first kappa shape index (κ1) is 17.5. The molecule has 4 rings (SSSR count). The Morgan fingerprint density at radius 2 is 1.74 bits per heavy atom. The van der Waals surface area contributed by atoms with Crippen molar-refractivity contribution in [3.05, 3.63) is 83.0 Å². The summed E-state index contributed by atoms with van der Waals surface area (Å²) in [7, 11) is 0. The average Bonchev–Trinajstić information content (AvgIpc) is 2.66. The van der Waals surface area contributed by atoms with Crippen molar-refractivity contribution < 1.29 is 14.3 Å². The van der Waals surface area contributed by atoms with Crippen LogP contribution in [0.2, 0.25) is 0 Å². The Hall–Kier alpha value is -2.86. The lowest BCUT2D eigenvalue weighted by atomic mass is 10.1. The number of carbonyl (C=O) groups is 1. The summed E-state index contributed by atoms with van der Waals surface area (Å²) >= 11 is 3.42. The van der Waals surface area contributed by atoms with Crippen molar-refractivity contribution in [2.24, 2.45) is 0 Å². The maximum absolute atomic E-state index is 12.9. The molecule has 0 radical (unpaired) electrons. The van der Waals surface area contributed by atoms with Gasteiger partial charge in [0.1, 0.15) is 17.6 Å². The van der Waals surface area contributed by atoms with Crippen LogP contribution in [0.1, 0.15) is 10.4 Å². The molecule has 0 aliphatic carbocycles. The van der Waals surface area contributed by atoms with Gasteiger partial charge < -0.3 is 14.4 Å². The van der Waals surface area contributed by atoms with Gasteiger partial charge in [-0.2, -0.15) is 0 Å². The Balaban J connectivity index is 1.42. The molecular weight excluding hydrogens is 408 g/mol. The fraction of sp³-hybridized carbons (Fsp3) is 0.143. The van der Waals surface area contributed by atoms with Crippen LogP contribution in [-0.4, -0.2) is 35.0 Å². The molecule has 5 nitrogen and oxygen atoms in total. The van der Waals surface area contributed by atoms with Crippen molar-refractivity contribution >= 4 is 21.8 Å². The third-order valence-corrected chi connectivity index (χ3v) is 4.83. The first-order chi connectivity index (χ1) is 13.2. The first-order valence-corrected chi connectivity index (χ1v) is 9.38. The predicted octanol–water partition coefficient (Wildman–Crippen LogP) is 4.54. The molecule has 1 amide bonds. The number of benzene rings is 2. The van der Waals surface area contributed by atoms with Gasteiger partial charge >= 0.3 is 0 Å². The summed E-state index contributed by atoms with van der Waals surface area (Å²) in [5, 5.41) is 0. The molecule has 2 heterocycles. The van der Waals surface area contributed by atoms with Gasteiger partial charge in [0.2, 0.25) is 5.88 Å². The third-order valence-electron chi connectivity index (χ3n) is 4.23. The number of ether oxygens (including phenoxy) is 2. The second-order valence-electron chi connectivity index (χ2n) is 6.15. The van der Waals surface area contributed by atoms with Crippen molar-refractivity contribution in [1.82, 2.24) is 9.88 Å². The molecule has 0 saturated carbocycles. The maximum atomic E-state index is 12.9. The third kappa shape index (κ3) is 3.95.